The minimum atomic E-state index is 0.121. The van der Waals surface area contributed by atoms with Crippen LogP contribution in [0.4, 0.5) is 0 Å². The Labute approximate surface area is 166 Å². The Morgan fingerprint density at radius 1 is 1.14 bits per heavy atom. The molecule has 0 spiro atoms. The van der Waals surface area contributed by atoms with Crippen molar-refractivity contribution < 1.29 is 4.79 Å². The summed E-state index contributed by atoms with van der Waals surface area (Å²) in [7, 11) is 0. The van der Waals surface area contributed by atoms with E-state index in [1.54, 1.807) is 0 Å². The molecule has 0 saturated carbocycles. The fourth-order valence-electron chi connectivity index (χ4n) is 4.11. The second-order valence-corrected chi connectivity index (χ2v) is 7.58. The van der Waals surface area contributed by atoms with Crippen molar-refractivity contribution in [3.05, 3.63) is 59.9 Å². The van der Waals surface area contributed by atoms with Crippen molar-refractivity contribution in [2.45, 2.75) is 26.7 Å². The van der Waals surface area contributed by atoms with Gasteiger partial charge in [-0.15, -0.1) is 0 Å². The van der Waals surface area contributed by atoms with Crippen molar-refractivity contribution in [3.63, 3.8) is 0 Å². The smallest absolute Gasteiger partial charge is 0.253 e. The van der Waals surface area contributed by atoms with E-state index in [4.69, 9.17) is 4.98 Å². The summed E-state index contributed by atoms with van der Waals surface area (Å²) in [6, 6.07) is 16.1. The average Bonchev–Trinajstić information content (AvgIpc) is 3.07. The van der Waals surface area contributed by atoms with E-state index in [9.17, 15) is 4.79 Å². The van der Waals surface area contributed by atoms with Gasteiger partial charge in [-0.1, -0.05) is 25.1 Å². The third-order valence-corrected chi connectivity index (χ3v) is 5.67. The molecule has 1 amide bonds. The van der Waals surface area contributed by atoms with Gasteiger partial charge in [0.2, 0.25) is 0 Å². The molecule has 0 bridgehead atoms. The Kier molecular flexibility index (Phi) is 5.44. The molecule has 0 unspecified atom stereocenters. The number of hydrogen-bond acceptors (Lipinski definition) is 3. The Morgan fingerprint density at radius 3 is 2.61 bits per heavy atom. The molecule has 1 N–H and O–H groups in total. The molecule has 1 aliphatic heterocycles. The number of imidazole rings is 1. The summed E-state index contributed by atoms with van der Waals surface area (Å²) in [5, 5.41) is 3.42. The molecule has 4 rings (SSSR count). The van der Waals surface area contributed by atoms with Crippen molar-refractivity contribution in [2.24, 2.45) is 5.92 Å². The SMILES string of the molecule is CCNCC1CCN(C(=O)c2ccc3c(c2)nc(C)n3-c2ccccc2)CC1. The quantitative estimate of drug-likeness (QED) is 0.737. The molecule has 2 aromatic carbocycles. The Morgan fingerprint density at radius 2 is 1.89 bits per heavy atom. The lowest BCUT2D eigenvalue weighted by atomic mass is 9.96. The Hall–Kier alpha value is -2.66. The van der Waals surface area contributed by atoms with Crippen LogP contribution in [0, 0.1) is 12.8 Å². The average molecular weight is 377 g/mol. The van der Waals surface area contributed by atoms with E-state index in [1.807, 2.05) is 48.2 Å². The molecule has 0 aliphatic carbocycles. The first-order valence-electron chi connectivity index (χ1n) is 10.2. The van der Waals surface area contributed by atoms with Gasteiger partial charge < -0.3 is 10.2 Å². The predicted molar refractivity (Wildman–Crippen MR) is 113 cm³/mol. The van der Waals surface area contributed by atoms with Gasteiger partial charge in [0, 0.05) is 24.3 Å². The zero-order valence-electron chi connectivity index (χ0n) is 16.7. The van der Waals surface area contributed by atoms with Crippen molar-refractivity contribution in [1.29, 1.82) is 0 Å². The monoisotopic (exact) mass is 376 g/mol. The van der Waals surface area contributed by atoms with E-state index in [1.165, 1.54) is 0 Å². The molecule has 5 nitrogen and oxygen atoms in total. The molecule has 1 saturated heterocycles. The van der Waals surface area contributed by atoms with Gasteiger partial charge in [-0.25, -0.2) is 4.98 Å². The number of nitrogens with zero attached hydrogens (tertiary/aromatic N) is 3. The number of likely N-dealkylation sites (tertiary alicyclic amines) is 1. The highest BCUT2D eigenvalue weighted by molar-refractivity contribution is 5.97. The molecular weight excluding hydrogens is 348 g/mol. The molecule has 28 heavy (non-hydrogen) atoms. The lowest BCUT2D eigenvalue weighted by Crippen LogP contribution is -2.40. The fraction of sp³-hybridized carbons (Fsp3) is 0.391. The number of para-hydroxylation sites is 1. The molecule has 1 fully saturated rings. The molecule has 146 valence electrons. The standard InChI is InChI=1S/C23H28N4O/c1-3-24-16-18-11-13-26(14-12-18)23(28)19-9-10-22-21(15-19)25-17(2)27(22)20-7-5-4-6-8-20/h4-10,15,18,24H,3,11-14,16H2,1-2H3. The highest BCUT2D eigenvalue weighted by Crippen LogP contribution is 2.24. The van der Waals surface area contributed by atoms with Gasteiger partial charge in [0.05, 0.1) is 11.0 Å². The van der Waals surface area contributed by atoms with Crippen molar-refractivity contribution >= 4 is 16.9 Å². The van der Waals surface area contributed by atoms with Crippen molar-refractivity contribution in [2.75, 3.05) is 26.2 Å². The number of aromatic nitrogens is 2. The first-order valence-corrected chi connectivity index (χ1v) is 10.2. The summed E-state index contributed by atoms with van der Waals surface area (Å²) in [4.78, 5) is 19.7. The van der Waals surface area contributed by atoms with E-state index in [0.29, 0.717) is 5.92 Å². The first kappa shape index (κ1) is 18.7. The number of rotatable bonds is 5. The zero-order chi connectivity index (χ0) is 19.5. The highest BCUT2D eigenvalue weighted by atomic mass is 16.2. The molecule has 3 aromatic rings. The number of fused-ring (bicyclic) bond motifs is 1. The normalized spacial score (nSPS) is 15.3. The Balaban J connectivity index is 1.53. The third kappa shape index (κ3) is 3.67. The molecular formula is C23H28N4O. The maximum atomic E-state index is 13.0. The summed E-state index contributed by atoms with van der Waals surface area (Å²) in [5.74, 6) is 1.72. The van der Waals surface area contributed by atoms with Crippen LogP contribution in [0.1, 0.15) is 35.9 Å². The summed E-state index contributed by atoms with van der Waals surface area (Å²) in [6.45, 7) is 7.88. The molecule has 0 atom stereocenters. The Bertz CT molecular complexity index is 955. The lowest BCUT2D eigenvalue weighted by molar-refractivity contribution is 0.0690. The van der Waals surface area contributed by atoms with Crippen LogP contribution in [0.5, 0.6) is 0 Å². The van der Waals surface area contributed by atoms with E-state index in [0.717, 1.165) is 67.1 Å². The molecule has 2 heterocycles. The van der Waals surface area contributed by atoms with Crippen molar-refractivity contribution in [1.82, 2.24) is 19.8 Å². The number of amides is 1. The molecule has 1 aromatic heterocycles. The lowest BCUT2D eigenvalue weighted by Gasteiger charge is -2.32. The molecule has 1 aliphatic rings. The van der Waals surface area contributed by atoms with Crippen LogP contribution in [-0.4, -0.2) is 46.5 Å². The van der Waals surface area contributed by atoms with Crippen LogP contribution in [0.2, 0.25) is 0 Å². The maximum absolute atomic E-state index is 13.0. The van der Waals surface area contributed by atoms with Crippen LogP contribution < -0.4 is 5.32 Å². The molecule has 5 heteroatoms. The van der Waals surface area contributed by atoms with Crippen LogP contribution >= 0.6 is 0 Å². The zero-order valence-corrected chi connectivity index (χ0v) is 16.7. The van der Waals surface area contributed by atoms with Gasteiger partial charge >= 0.3 is 0 Å². The molecule has 0 radical (unpaired) electrons. The minimum Gasteiger partial charge on any atom is -0.339 e. The summed E-state index contributed by atoms with van der Waals surface area (Å²) >= 11 is 0. The first-order chi connectivity index (χ1) is 13.7. The number of nitrogens with one attached hydrogen (secondary N) is 1. The summed E-state index contributed by atoms with van der Waals surface area (Å²) in [6.07, 6.45) is 2.14. The largest absolute Gasteiger partial charge is 0.339 e. The van der Waals surface area contributed by atoms with Crippen LogP contribution in [-0.2, 0) is 0 Å². The number of carbonyl (C=O) groups is 1. The van der Waals surface area contributed by atoms with Gasteiger partial charge in [0.1, 0.15) is 5.82 Å². The van der Waals surface area contributed by atoms with E-state index >= 15 is 0 Å². The second-order valence-electron chi connectivity index (χ2n) is 7.58. The van der Waals surface area contributed by atoms with Gasteiger partial charge in [-0.3, -0.25) is 9.36 Å². The highest BCUT2D eigenvalue weighted by Gasteiger charge is 2.24. The summed E-state index contributed by atoms with van der Waals surface area (Å²) in [5.41, 5.74) is 3.72. The second kappa shape index (κ2) is 8.15. The van der Waals surface area contributed by atoms with Crippen LogP contribution in [0.15, 0.2) is 48.5 Å². The number of carbonyl (C=O) groups excluding carboxylic acids is 1. The maximum Gasteiger partial charge on any atom is 0.253 e. The van der Waals surface area contributed by atoms with Gasteiger partial charge in [0.25, 0.3) is 5.91 Å². The van der Waals surface area contributed by atoms with E-state index < -0.39 is 0 Å². The van der Waals surface area contributed by atoms with Crippen LogP contribution in [0.3, 0.4) is 0 Å². The number of benzene rings is 2. The topological polar surface area (TPSA) is 50.2 Å². The predicted octanol–water partition coefficient (Wildman–Crippen LogP) is 3.80. The third-order valence-electron chi connectivity index (χ3n) is 5.67. The summed E-state index contributed by atoms with van der Waals surface area (Å²) < 4.78 is 2.13. The van der Waals surface area contributed by atoms with E-state index in [2.05, 4.69) is 28.9 Å². The van der Waals surface area contributed by atoms with Gasteiger partial charge in [-0.2, -0.15) is 0 Å². The fourth-order valence-corrected chi connectivity index (χ4v) is 4.11. The van der Waals surface area contributed by atoms with Crippen molar-refractivity contribution in [3.8, 4) is 5.69 Å². The van der Waals surface area contributed by atoms with Gasteiger partial charge in [0.15, 0.2) is 0 Å². The minimum absolute atomic E-state index is 0.121. The number of piperidine rings is 1. The van der Waals surface area contributed by atoms with Gasteiger partial charge in [-0.05, 0) is 69.1 Å². The van der Waals surface area contributed by atoms with Crippen LogP contribution in [0.25, 0.3) is 16.7 Å². The number of aryl methyl sites for hydroxylation is 1. The van der Waals surface area contributed by atoms with E-state index in [-0.39, 0.29) is 5.91 Å². The number of hydrogen-bond donors (Lipinski definition) is 1.